The summed E-state index contributed by atoms with van der Waals surface area (Å²) in [7, 11) is 4.11. The number of carbonyl (C=O) groups is 1. The first-order valence-electron chi connectivity index (χ1n) is 9.38. The summed E-state index contributed by atoms with van der Waals surface area (Å²) >= 11 is 3.20. The molecule has 0 radical (unpaired) electrons. The Morgan fingerprint density at radius 3 is 2.57 bits per heavy atom. The predicted octanol–water partition coefficient (Wildman–Crippen LogP) is 5.23. The monoisotopic (exact) mass is 413 g/mol. The van der Waals surface area contributed by atoms with Gasteiger partial charge >= 0.3 is 0 Å². The van der Waals surface area contributed by atoms with Crippen LogP contribution in [0.2, 0.25) is 0 Å². The number of fused-ring (bicyclic) bond motifs is 1. The van der Waals surface area contributed by atoms with Crippen molar-refractivity contribution in [3.05, 3.63) is 53.1 Å². The molecule has 2 aromatic carbocycles. The Bertz CT molecular complexity index is 981. The molecule has 0 saturated carbocycles. The molecule has 1 heterocycles. The number of thioether (sulfide) groups is 1. The third-order valence-corrected chi connectivity index (χ3v) is 6.71. The first-order valence-corrected chi connectivity index (χ1v) is 11.4. The highest BCUT2D eigenvalue weighted by molar-refractivity contribution is 7.98. The minimum absolute atomic E-state index is 0.0251. The van der Waals surface area contributed by atoms with E-state index in [4.69, 9.17) is 4.98 Å². The highest BCUT2D eigenvalue weighted by atomic mass is 32.2. The van der Waals surface area contributed by atoms with Crippen LogP contribution in [0, 0.1) is 13.8 Å². The summed E-state index contributed by atoms with van der Waals surface area (Å²) in [5, 5.41) is 0.781. The fourth-order valence-electron chi connectivity index (χ4n) is 3.13. The fourth-order valence-corrected chi connectivity index (χ4v) is 4.77. The van der Waals surface area contributed by atoms with E-state index in [0.29, 0.717) is 6.54 Å². The van der Waals surface area contributed by atoms with E-state index in [0.717, 1.165) is 38.8 Å². The van der Waals surface area contributed by atoms with E-state index in [9.17, 15) is 4.79 Å². The highest BCUT2D eigenvalue weighted by Crippen LogP contribution is 2.33. The van der Waals surface area contributed by atoms with Crippen molar-refractivity contribution in [1.82, 2.24) is 9.88 Å². The van der Waals surface area contributed by atoms with Crippen molar-refractivity contribution in [2.24, 2.45) is 0 Å². The molecule has 28 heavy (non-hydrogen) atoms. The largest absolute Gasteiger partial charge is 0.309 e. The zero-order valence-electron chi connectivity index (χ0n) is 17.2. The molecule has 0 aliphatic heterocycles. The molecule has 0 aliphatic carbocycles. The Morgan fingerprint density at radius 2 is 1.86 bits per heavy atom. The van der Waals surface area contributed by atoms with Gasteiger partial charge in [-0.2, -0.15) is 0 Å². The number of amides is 1. The van der Waals surface area contributed by atoms with Crippen molar-refractivity contribution >= 4 is 44.4 Å². The van der Waals surface area contributed by atoms with E-state index in [1.54, 1.807) is 23.1 Å². The molecule has 0 unspecified atom stereocenters. The molecule has 1 aromatic heterocycles. The molecule has 148 valence electrons. The van der Waals surface area contributed by atoms with Gasteiger partial charge in [-0.3, -0.25) is 9.69 Å². The molecule has 6 heteroatoms. The van der Waals surface area contributed by atoms with Crippen LogP contribution >= 0.6 is 23.1 Å². The van der Waals surface area contributed by atoms with Gasteiger partial charge in [0, 0.05) is 11.4 Å². The summed E-state index contributed by atoms with van der Waals surface area (Å²) in [6.45, 7) is 5.78. The van der Waals surface area contributed by atoms with Crippen LogP contribution in [0.1, 0.15) is 27.9 Å². The normalized spacial score (nSPS) is 11.4. The number of hydrogen-bond donors (Lipinski definition) is 0. The lowest BCUT2D eigenvalue weighted by Crippen LogP contribution is -2.33. The van der Waals surface area contributed by atoms with Crippen LogP contribution in [0.4, 0.5) is 5.13 Å². The molecule has 0 N–H and O–H groups in total. The van der Waals surface area contributed by atoms with E-state index >= 15 is 0 Å². The van der Waals surface area contributed by atoms with E-state index in [1.165, 1.54) is 11.1 Å². The average Bonchev–Trinajstić information content (AvgIpc) is 3.12. The van der Waals surface area contributed by atoms with E-state index < -0.39 is 0 Å². The summed E-state index contributed by atoms with van der Waals surface area (Å²) in [4.78, 5) is 23.4. The zero-order chi connectivity index (χ0) is 20.3. The van der Waals surface area contributed by atoms with Crippen molar-refractivity contribution in [2.75, 3.05) is 38.3 Å². The summed E-state index contributed by atoms with van der Waals surface area (Å²) in [6, 6.07) is 12.1. The summed E-state index contributed by atoms with van der Waals surface area (Å²) in [5.41, 5.74) is 4.16. The summed E-state index contributed by atoms with van der Waals surface area (Å²) in [5.74, 6) is 0.0251. The van der Waals surface area contributed by atoms with Crippen LogP contribution in [-0.4, -0.2) is 49.2 Å². The number of nitrogens with zero attached hydrogens (tertiary/aromatic N) is 3. The van der Waals surface area contributed by atoms with Crippen LogP contribution in [0.3, 0.4) is 0 Å². The molecule has 3 rings (SSSR count). The van der Waals surface area contributed by atoms with Gasteiger partial charge < -0.3 is 4.90 Å². The molecule has 0 bridgehead atoms. The smallest absolute Gasteiger partial charge is 0.261 e. The molecule has 4 nitrogen and oxygen atoms in total. The zero-order valence-corrected chi connectivity index (χ0v) is 18.8. The molecule has 0 atom stereocenters. The molecule has 0 aliphatic rings. The number of rotatable bonds is 7. The Morgan fingerprint density at radius 1 is 1.11 bits per heavy atom. The number of hydrogen-bond acceptors (Lipinski definition) is 5. The lowest BCUT2D eigenvalue weighted by molar-refractivity contribution is 0.0983. The lowest BCUT2D eigenvalue weighted by atomic mass is 10.1. The van der Waals surface area contributed by atoms with Crippen molar-refractivity contribution in [2.45, 2.75) is 25.2 Å². The van der Waals surface area contributed by atoms with Gasteiger partial charge in [-0.25, -0.2) is 4.98 Å². The van der Waals surface area contributed by atoms with Crippen LogP contribution in [0.15, 0.2) is 41.3 Å². The van der Waals surface area contributed by atoms with Gasteiger partial charge in [0.15, 0.2) is 5.13 Å². The minimum atomic E-state index is 0.0251. The molecular weight excluding hydrogens is 386 g/mol. The number of benzene rings is 2. The SMILES string of the molecule is CSc1ccccc1C(=O)N(CCCN(C)C)c1nc2c(C)c(C)ccc2s1. The standard InChI is InChI=1S/C22H27N3OS2/c1-15-11-12-19-20(16(15)2)23-22(28-19)25(14-8-13-24(3)4)21(26)17-9-6-7-10-18(17)27-5/h6-7,9-12H,8,13-14H2,1-5H3. The van der Waals surface area contributed by atoms with Gasteiger partial charge in [0.25, 0.3) is 5.91 Å². The predicted molar refractivity (Wildman–Crippen MR) is 122 cm³/mol. The van der Waals surface area contributed by atoms with Crippen LogP contribution < -0.4 is 4.90 Å². The lowest BCUT2D eigenvalue weighted by Gasteiger charge is -2.22. The highest BCUT2D eigenvalue weighted by Gasteiger charge is 2.23. The van der Waals surface area contributed by atoms with Crippen LogP contribution in [-0.2, 0) is 0 Å². The Hall–Kier alpha value is -1.89. The van der Waals surface area contributed by atoms with Crippen molar-refractivity contribution < 1.29 is 4.79 Å². The number of carbonyl (C=O) groups excluding carboxylic acids is 1. The molecule has 0 spiro atoms. The Kier molecular flexibility index (Phi) is 6.75. The van der Waals surface area contributed by atoms with E-state index in [1.807, 2.05) is 35.4 Å². The number of aromatic nitrogens is 1. The molecule has 0 fully saturated rings. The third kappa shape index (κ3) is 4.40. The molecule has 3 aromatic rings. The van der Waals surface area contributed by atoms with Crippen LogP contribution in [0.5, 0.6) is 0 Å². The van der Waals surface area contributed by atoms with Gasteiger partial charge in [0.1, 0.15) is 0 Å². The maximum Gasteiger partial charge on any atom is 0.261 e. The number of aryl methyl sites for hydroxylation is 2. The number of anilines is 1. The number of thiazole rings is 1. The quantitative estimate of drug-likeness (QED) is 0.497. The second-order valence-electron chi connectivity index (χ2n) is 7.16. The first kappa shape index (κ1) is 20.8. The second kappa shape index (κ2) is 9.07. The first-order chi connectivity index (χ1) is 13.4. The summed E-state index contributed by atoms with van der Waals surface area (Å²) < 4.78 is 1.13. The molecule has 0 saturated heterocycles. The maximum absolute atomic E-state index is 13.5. The van der Waals surface area contributed by atoms with Gasteiger partial charge in [-0.15, -0.1) is 11.8 Å². The summed E-state index contributed by atoms with van der Waals surface area (Å²) in [6.07, 6.45) is 2.90. The Labute approximate surface area is 175 Å². The minimum Gasteiger partial charge on any atom is -0.309 e. The Balaban J connectivity index is 2.01. The average molecular weight is 414 g/mol. The van der Waals surface area contributed by atoms with Gasteiger partial charge in [-0.05, 0) is 76.5 Å². The molecule has 1 amide bonds. The van der Waals surface area contributed by atoms with Gasteiger partial charge in [0.2, 0.25) is 0 Å². The van der Waals surface area contributed by atoms with Crippen molar-refractivity contribution in [1.29, 1.82) is 0 Å². The van der Waals surface area contributed by atoms with Gasteiger partial charge in [-0.1, -0.05) is 29.5 Å². The van der Waals surface area contributed by atoms with E-state index in [2.05, 4.69) is 45.0 Å². The third-order valence-electron chi connectivity index (χ3n) is 4.87. The van der Waals surface area contributed by atoms with Gasteiger partial charge in [0.05, 0.1) is 15.8 Å². The fraction of sp³-hybridized carbons (Fsp3) is 0.364. The second-order valence-corrected chi connectivity index (χ2v) is 9.02. The van der Waals surface area contributed by atoms with Crippen molar-refractivity contribution in [3.63, 3.8) is 0 Å². The van der Waals surface area contributed by atoms with Crippen LogP contribution in [0.25, 0.3) is 10.2 Å². The van der Waals surface area contributed by atoms with E-state index in [-0.39, 0.29) is 5.91 Å². The van der Waals surface area contributed by atoms with Crippen molar-refractivity contribution in [3.8, 4) is 0 Å². The topological polar surface area (TPSA) is 36.4 Å². The maximum atomic E-state index is 13.5. The molecular formula is C22H27N3OS2.